The van der Waals surface area contributed by atoms with E-state index in [0.29, 0.717) is 0 Å². The van der Waals surface area contributed by atoms with Crippen molar-refractivity contribution >= 4 is 0 Å². The molecule has 0 fully saturated rings. The van der Waals surface area contributed by atoms with Gasteiger partial charge in [-0.05, 0) is 6.92 Å². The van der Waals surface area contributed by atoms with E-state index >= 15 is 0 Å². The minimum absolute atomic E-state index is 0.0851. The molecule has 0 unspecified atom stereocenters. The molecule has 1 aliphatic carbocycles. The molecule has 0 radical (unpaired) electrons. The first-order chi connectivity index (χ1) is 4.46. The molecule has 1 heteroatoms. The van der Waals surface area contributed by atoms with Crippen LogP contribution in [0.4, 0.5) is 0 Å². The molecule has 1 nitrogen and oxygen atoms in total. The van der Waals surface area contributed by atoms with E-state index in [4.69, 9.17) is 5.73 Å². The first kappa shape index (κ1) is 7.55. The van der Waals surface area contributed by atoms with E-state index in [0.717, 1.165) is 0 Å². The lowest BCUT2D eigenvalue weighted by molar-refractivity contribution is 0.304. The number of rotatable bonds is 0. The molecule has 1 aliphatic rings. The third-order valence-electron chi connectivity index (χ3n) is 2.45. The van der Waals surface area contributed by atoms with Gasteiger partial charge in [0.05, 0.1) is 0 Å². The molecule has 0 aliphatic heterocycles. The van der Waals surface area contributed by atoms with Crippen molar-refractivity contribution in [3.63, 3.8) is 0 Å². The summed E-state index contributed by atoms with van der Waals surface area (Å²) in [6.07, 6.45) is 8.25. The molecule has 0 heterocycles. The molecule has 0 bridgehead atoms. The van der Waals surface area contributed by atoms with Gasteiger partial charge in [-0.25, -0.2) is 0 Å². The Morgan fingerprint density at radius 2 is 1.50 bits per heavy atom. The highest BCUT2D eigenvalue weighted by atomic mass is 14.8. The molecule has 2 N–H and O–H groups in total. The fraction of sp³-hybridized carbons (Fsp3) is 0.556. The lowest BCUT2D eigenvalue weighted by Crippen LogP contribution is -2.48. The zero-order valence-corrected chi connectivity index (χ0v) is 6.89. The Balaban J connectivity index is 2.96. The van der Waals surface area contributed by atoms with Crippen LogP contribution in [0.3, 0.4) is 0 Å². The molecule has 10 heavy (non-hydrogen) atoms. The Bertz CT molecular complexity index is 163. The van der Waals surface area contributed by atoms with Crippen LogP contribution < -0.4 is 5.73 Å². The van der Waals surface area contributed by atoms with Crippen LogP contribution in [0.25, 0.3) is 0 Å². The SMILES string of the molecule is CC1(C)C=CC=C[C@@]1(C)N. The molecule has 0 aromatic heterocycles. The number of hydrogen-bond donors (Lipinski definition) is 1. The molecule has 0 aromatic rings. The van der Waals surface area contributed by atoms with Crippen molar-refractivity contribution < 1.29 is 0 Å². The fourth-order valence-electron chi connectivity index (χ4n) is 0.946. The molecule has 0 saturated carbocycles. The molecule has 1 atom stereocenters. The summed E-state index contributed by atoms with van der Waals surface area (Å²) >= 11 is 0. The second-order valence-corrected chi connectivity index (χ2v) is 3.72. The lowest BCUT2D eigenvalue weighted by atomic mass is 9.72. The van der Waals surface area contributed by atoms with E-state index in [2.05, 4.69) is 26.0 Å². The molecular weight excluding hydrogens is 122 g/mol. The molecule has 0 spiro atoms. The van der Waals surface area contributed by atoms with Gasteiger partial charge in [0, 0.05) is 11.0 Å². The van der Waals surface area contributed by atoms with Gasteiger partial charge in [-0.1, -0.05) is 38.2 Å². The molecule has 0 amide bonds. The highest BCUT2D eigenvalue weighted by molar-refractivity contribution is 5.25. The van der Waals surface area contributed by atoms with Crippen molar-refractivity contribution in [1.29, 1.82) is 0 Å². The molecule has 0 aromatic carbocycles. The predicted octanol–water partition coefficient (Wildman–Crippen LogP) is 1.86. The monoisotopic (exact) mass is 137 g/mol. The van der Waals surface area contributed by atoms with Gasteiger partial charge in [0.1, 0.15) is 0 Å². The quantitative estimate of drug-likeness (QED) is 0.542. The van der Waals surface area contributed by atoms with E-state index in [1.807, 2.05) is 19.1 Å². The van der Waals surface area contributed by atoms with Crippen molar-refractivity contribution in [1.82, 2.24) is 0 Å². The summed E-state index contributed by atoms with van der Waals surface area (Å²) in [5, 5.41) is 0. The van der Waals surface area contributed by atoms with Crippen LogP contribution >= 0.6 is 0 Å². The second kappa shape index (κ2) is 1.96. The first-order valence-corrected chi connectivity index (χ1v) is 3.62. The highest BCUT2D eigenvalue weighted by Gasteiger charge is 2.33. The van der Waals surface area contributed by atoms with E-state index in [-0.39, 0.29) is 11.0 Å². The first-order valence-electron chi connectivity index (χ1n) is 3.62. The number of hydrogen-bond acceptors (Lipinski definition) is 1. The summed E-state index contributed by atoms with van der Waals surface area (Å²) in [7, 11) is 0. The summed E-state index contributed by atoms with van der Waals surface area (Å²) in [6.45, 7) is 6.34. The third kappa shape index (κ3) is 1.01. The summed E-state index contributed by atoms with van der Waals surface area (Å²) in [6, 6.07) is 0. The molecule has 0 saturated heterocycles. The Hall–Kier alpha value is -0.560. The van der Waals surface area contributed by atoms with Gasteiger partial charge < -0.3 is 5.73 Å². The van der Waals surface area contributed by atoms with E-state index < -0.39 is 0 Å². The Morgan fingerprint density at radius 3 is 1.80 bits per heavy atom. The van der Waals surface area contributed by atoms with Gasteiger partial charge in [0.2, 0.25) is 0 Å². The van der Waals surface area contributed by atoms with Crippen LogP contribution in [0.2, 0.25) is 0 Å². The van der Waals surface area contributed by atoms with Crippen LogP contribution in [0.15, 0.2) is 24.3 Å². The smallest absolute Gasteiger partial charge is 0.0400 e. The van der Waals surface area contributed by atoms with Crippen LogP contribution in [-0.2, 0) is 0 Å². The predicted molar refractivity (Wildman–Crippen MR) is 44.7 cm³/mol. The van der Waals surface area contributed by atoms with Gasteiger partial charge in [0.25, 0.3) is 0 Å². The van der Waals surface area contributed by atoms with Gasteiger partial charge in [-0.2, -0.15) is 0 Å². The molecular formula is C9H15N. The topological polar surface area (TPSA) is 26.0 Å². The largest absolute Gasteiger partial charge is 0.321 e. The second-order valence-electron chi connectivity index (χ2n) is 3.72. The summed E-state index contributed by atoms with van der Waals surface area (Å²) in [5.74, 6) is 0. The van der Waals surface area contributed by atoms with Crippen molar-refractivity contribution in [2.45, 2.75) is 26.3 Å². The maximum Gasteiger partial charge on any atom is 0.0400 e. The lowest BCUT2D eigenvalue weighted by Gasteiger charge is -2.38. The standard InChI is InChI=1S/C9H15N/c1-8(2)6-4-5-7-9(8,3)10/h4-7H,10H2,1-3H3/t9-/m1/s1. The highest BCUT2D eigenvalue weighted by Crippen LogP contribution is 2.33. The van der Waals surface area contributed by atoms with Crippen molar-refractivity contribution in [3.05, 3.63) is 24.3 Å². The van der Waals surface area contributed by atoms with Gasteiger partial charge >= 0.3 is 0 Å². The van der Waals surface area contributed by atoms with Gasteiger partial charge in [-0.15, -0.1) is 0 Å². The van der Waals surface area contributed by atoms with Gasteiger partial charge in [0.15, 0.2) is 0 Å². The van der Waals surface area contributed by atoms with Crippen LogP contribution in [-0.4, -0.2) is 5.54 Å². The average molecular weight is 137 g/mol. The fourth-order valence-corrected chi connectivity index (χ4v) is 0.946. The van der Waals surface area contributed by atoms with Crippen LogP contribution in [0, 0.1) is 5.41 Å². The Kier molecular flexibility index (Phi) is 1.48. The number of allylic oxidation sites excluding steroid dienone is 2. The molecule has 1 rings (SSSR count). The van der Waals surface area contributed by atoms with Crippen molar-refractivity contribution in [2.75, 3.05) is 0 Å². The summed E-state index contributed by atoms with van der Waals surface area (Å²) in [4.78, 5) is 0. The van der Waals surface area contributed by atoms with Crippen LogP contribution in [0.1, 0.15) is 20.8 Å². The zero-order chi connectivity index (χ0) is 7.83. The third-order valence-corrected chi connectivity index (χ3v) is 2.45. The van der Waals surface area contributed by atoms with E-state index in [1.165, 1.54) is 0 Å². The summed E-state index contributed by atoms with van der Waals surface area (Å²) < 4.78 is 0. The number of nitrogens with two attached hydrogens (primary N) is 1. The van der Waals surface area contributed by atoms with Crippen molar-refractivity contribution in [2.24, 2.45) is 11.1 Å². The minimum atomic E-state index is -0.193. The average Bonchev–Trinajstić information content (AvgIpc) is 1.77. The summed E-state index contributed by atoms with van der Waals surface area (Å²) in [5.41, 5.74) is 5.91. The van der Waals surface area contributed by atoms with E-state index in [1.54, 1.807) is 0 Å². The maximum absolute atomic E-state index is 6.02. The minimum Gasteiger partial charge on any atom is -0.321 e. The maximum atomic E-state index is 6.02. The Morgan fingerprint density at radius 1 is 1.00 bits per heavy atom. The van der Waals surface area contributed by atoms with Crippen LogP contribution in [0.5, 0.6) is 0 Å². The van der Waals surface area contributed by atoms with Crippen molar-refractivity contribution in [3.8, 4) is 0 Å². The zero-order valence-electron chi connectivity index (χ0n) is 6.89. The van der Waals surface area contributed by atoms with Gasteiger partial charge in [-0.3, -0.25) is 0 Å². The Labute approximate surface area is 62.6 Å². The van der Waals surface area contributed by atoms with E-state index in [9.17, 15) is 0 Å². The normalized spacial score (nSPS) is 36.4. The molecule has 56 valence electrons.